The molecule has 0 aliphatic heterocycles. The molecule has 0 unspecified atom stereocenters. The molecule has 2 rings (SSSR count). The fourth-order valence-electron chi connectivity index (χ4n) is 2.49. The molecule has 0 heterocycles. The van der Waals surface area contributed by atoms with Gasteiger partial charge in [-0.15, -0.1) is 0 Å². The molecular weight excluding hydrogens is 266 g/mol. The molecule has 0 aromatic heterocycles. The fraction of sp³-hybridized carbons (Fsp3) is 0.462. The zero-order valence-electron chi connectivity index (χ0n) is 10.7. The molecule has 1 fully saturated rings. The first-order valence-corrected chi connectivity index (χ1v) is 7.69. The summed E-state index contributed by atoms with van der Waals surface area (Å²) in [4.78, 5) is 11.0. The maximum Gasteiger partial charge on any atom is 0.337 e. The number of hydrogen-bond donors (Lipinski definition) is 1. The van der Waals surface area contributed by atoms with Crippen LogP contribution in [-0.4, -0.2) is 36.9 Å². The summed E-state index contributed by atoms with van der Waals surface area (Å²) in [7, 11) is -2.21. The molecule has 1 aromatic carbocycles. The summed E-state index contributed by atoms with van der Waals surface area (Å²) in [6.07, 6.45) is 3.71. The van der Waals surface area contributed by atoms with Gasteiger partial charge in [0, 0.05) is 13.1 Å². The third-order valence-corrected chi connectivity index (χ3v) is 5.58. The van der Waals surface area contributed by atoms with E-state index in [0.29, 0.717) is 0 Å². The van der Waals surface area contributed by atoms with Crippen molar-refractivity contribution < 1.29 is 18.3 Å². The highest BCUT2D eigenvalue weighted by Crippen LogP contribution is 2.28. The van der Waals surface area contributed by atoms with Crippen molar-refractivity contribution in [3.63, 3.8) is 0 Å². The Morgan fingerprint density at radius 1 is 1.26 bits per heavy atom. The van der Waals surface area contributed by atoms with Crippen molar-refractivity contribution in [3.05, 3.63) is 29.8 Å². The summed E-state index contributed by atoms with van der Waals surface area (Å²) in [5.41, 5.74) is -0.174. The van der Waals surface area contributed by atoms with E-state index in [1.54, 1.807) is 6.07 Å². The van der Waals surface area contributed by atoms with E-state index in [0.717, 1.165) is 25.7 Å². The monoisotopic (exact) mass is 283 g/mol. The lowest BCUT2D eigenvalue weighted by atomic mass is 10.2. The number of carboxylic acid groups (broad SMARTS) is 1. The van der Waals surface area contributed by atoms with E-state index in [2.05, 4.69) is 0 Å². The molecule has 5 nitrogen and oxygen atoms in total. The fourth-order valence-corrected chi connectivity index (χ4v) is 4.08. The lowest BCUT2D eigenvalue weighted by Gasteiger charge is -2.24. The summed E-state index contributed by atoms with van der Waals surface area (Å²) in [6, 6.07) is 5.72. The predicted octanol–water partition coefficient (Wildman–Crippen LogP) is 1.95. The lowest BCUT2D eigenvalue weighted by molar-refractivity contribution is 0.0692. The first kappa shape index (κ1) is 14.0. The number of nitrogens with zero attached hydrogens (tertiary/aromatic N) is 1. The first-order chi connectivity index (χ1) is 8.94. The molecular formula is C13H17NO4S. The van der Waals surface area contributed by atoms with Crippen molar-refractivity contribution in [2.45, 2.75) is 36.6 Å². The summed E-state index contributed by atoms with van der Waals surface area (Å²) >= 11 is 0. The number of carboxylic acids is 1. The van der Waals surface area contributed by atoms with Gasteiger partial charge in [-0.05, 0) is 25.0 Å². The van der Waals surface area contributed by atoms with Crippen LogP contribution in [0, 0.1) is 0 Å². The Balaban J connectivity index is 2.41. The summed E-state index contributed by atoms with van der Waals surface area (Å²) in [5.74, 6) is -1.22. The van der Waals surface area contributed by atoms with Gasteiger partial charge < -0.3 is 5.11 Å². The Kier molecular flexibility index (Phi) is 3.91. The Hall–Kier alpha value is -1.40. The molecule has 0 amide bonds. The SMILES string of the molecule is CN(C1CCCC1)S(=O)(=O)c1ccccc1C(=O)O. The predicted molar refractivity (Wildman–Crippen MR) is 70.6 cm³/mol. The van der Waals surface area contributed by atoms with Crippen molar-refractivity contribution in [1.82, 2.24) is 4.31 Å². The van der Waals surface area contributed by atoms with Gasteiger partial charge in [0.15, 0.2) is 0 Å². The summed E-state index contributed by atoms with van der Waals surface area (Å²) in [6.45, 7) is 0. The molecule has 0 saturated heterocycles. The highest BCUT2D eigenvalue weighted by molar-refractivity contribution is 7.89. The highest BCUT2D eigenvalue weighted by Gasteiger charge is 2.32. The van der Waals surface area contributed by atoms with Crippen molar-refractivity contribution in [3.8, 4) is 0 Å². The molecule has 1 aliphatic carbocycles. The van der Waals surface area contributed by atoms with Crippen LogP contribution in [-0.2, 0) is 10.0 Å². The maximum atomic E-state index is 12.5. The second-order valence-electron chi connectivity index (χ2n) is 4.76. The molecule has 19 heavy (non-hydrogen) atoms. The van der Waals surface area contributed by atoms with Crippen LogP contribution in [0.1, 0.15) is 36.0 Å². The van der Waals surface area contributed by atoms with Crippen LogP contribution < -0.4 is 0 Å². The maximum absolute atomic E-state index is 12.5. The van der Waals surface area contributed by atoms with Crippen LogP contribution in [0.25, 0.3) is 0 Å². The van der Waals surface area contributed by atoms with Gasteiger partial charge in [-0.1, -0.05) is 25.0 Å². The average Bonchev–Trinajstić information content (AvgIpc) is 2.91. The lowest BCUT2D eigenvalue weighted by Crippen LogP contribution is -2.35. The number of sulfonamides is 1. The molecule has 104 valence electrons. The smallest absolute Gasteiger partial charge is 0.337 e. The second kappa shape index (κ2) is 5.30. The average molecular weight is 283 g/mol. The zero-order chi connectivity index (χ0) is 14.0. The molecule has 1 aliphatic rings. The molecule has 0 atom stereocenters. The van der Waals surface area contributed by atoms with Crippen LogP contribution in [0.3, 0.4) is 0 Å². The standard InChI is InChI=1S/C13H17NO4S/c1-14(10-6-2-3-7-10)19(17,18)12-9-5-4-8-11(12)13(15)16/h4-5,8-10H,2-3,6-7H2,1H3,(H,15,16). The third kappa shape index (κ3) is 2.64. The van der Waals surface area contributed by atoms with E-state index in [-0.39, 0.29) is 16.5 Å². The van der Waals surface area contributed by atoms with Crippen molar-refractivity contribution in [2.24, 2.45) is 0 Å². The summed E-state index contributed by atoms with van der Waals surface area (Å²) < 4.78 is 26.3. The largest absolute Gasteiger partial charge is 0.478 e. The van der Waals surface area contributed by atoms with Gasteiger partial charge in [0.25, 0.3) is 0 Å². The van der Waals surface area contributed by atoms with E-state index < -0.39 is 16.0 Å². The molecule has 1 aromatic rings. The number of hydrogen-bond acceptors (Lipinski definition) is 3. The van der Waals surface area contributed by atoms with Gasteiger partial charge in [-0.25, -0.2) is 13.2 Å². The Morgan fingerprint density at radius 3 is 2.42 bits per heavy atom. The van der Waals surface area contributed by atoms with Crippen molar-refractivity contribution in [1.29, 1.82) is 0 Å². The first-order valence-electron chi connectivity index (χ1n) is 6.25. The highest BCUT2D eigenvalue weighted by atomic mass is 32.2. The quantitative estimate of drug-likeness (QED) is 0.916. The van der Waals surface area contributed by atoms with Gasteiger partial charge in [0.05, 0.1) is 10.5 Å². The van der Waals surface area contributed by atoms with E-state index in [9.17, 15) is 13.2 Å². The topological polar surface area (TPSA) is 74.7 Å². The van der Waals surface area contributed by atoms with Crippen molar-refractivity contribution in [2.75, 3.05) is 7.05 Å². The molecule has 1 N–H and O–H groups in total. The minimum atomic E-state index is -3.75. The van der Waals surface area contributed by atoms with Crippen LogP contribution in [0.2, 0.25) is 0 Å². The molecule has 6 heteroatoms. The molecule has 0 spiro atoms. The second-order valence-corrected chi connectivity index (χ2v) is 6.73. The van der Waals surface area contributed by atoms with Crippen LogP contribution in [0.5, 0.6) is 0 Å². The van der Waals surface area contributed by atoms with Gasteiger partial charge in [-0.2, -0.15) is 4.31 Å². The number of rotatable bonds is 4. The van der Waals surface area contributed by atoms with Crippen LogP contribution >= 0.6 is 0 Å². The Bertz CT molecular complexity index is 576. The zero-order valence-corrected chi connectivity index (χ0v) is 11.6. The van der Waals surface area contributed by atoms with E-state index in [1.165, 1.54) is 29.6 Å². The Labute approximate surface area is 112 Å². The normalized spacial score (nSPS) is 16.9. The van der Waals surface area contributed by atoms with Gasteiger partial charge in [-0.3, -0.25) is 0 Å². The number of benzene rings is 1. The van der Waals surface area contributed by atoms with Crippen LogP contribution in [0.4, 0.5) is 0 Å². The van der Waals surface area contributed by atoms with E-state index in [1.807, 2.05) is 0 Å². The van der Waals surface area contributed by atoms with Gasteiger partial charge in [0.1, 0.15) is 0 Å². The number of aromatic carboxylic acids is 1. The molecule has 0 radical (unpaired) electrons. The van der Waals surface area contributed by atoms with Crippen molar-refractivity contribution >= 4 is 16.0 Å². The van der Waals surface area contributed by atoms with Gasteiger partial charge >= 0.3 is 5.97 Å². The summed E-state index contributed by atoms with van der Waals surface area (Å²) in [5, 5.41) is 9.09. The molecule has 0 bridgehead atoms. The number of carbonyl (C=O) groups is 1. The molecule has 1 saturated carbocycles. The van der Waals surface area contributed by atoms with E-state index in [4.69, 9.17) is 5.11 Å². The minimum absolute atomic E-state index is 0.0214. The van der Waals surface area contributed by atoms with Gasteiger partial charge in [0.2, 0.25) is 10.0 Å². The minimum Gasteiger partial charge on any atom is -0.478 e. The third-order valence-electron chi connectivity index (χ3n) is 3.61. The van der Waals surface area contributed by atoms with E-state index >= 15 is 0 Å². The van der Waals surface area contributed by atoms with Crippen LogP contribution in [0.15, 0.2) is 29.2 Å². The Morgan fingerprint density at radius 2 is 1.84 bits per heavy atom.